The number of nitrogens with one attached hydrogen (secondary N) is 1. The number of hydrogen-bond donors (Lipinski definition) is 2. The molecule has 1 aliphatic rings. The van der Waals surface area contributed by atoms with Crippen LogP contribution >= 0.6 is 0 Å². The maximum absolute atomic E-state index is 11.8. The number of rotatable bonds is 5. The molecule has 0 bridgehead atoms. The number of aromatic amines is 1. The van der Waals surface area contributed by atoms with Crippen LogP contribution in [0.2, 0.25) is 0 Å². The Morgan fingerprint density at radius 2 is 2.09 bits per heavy atom. The van der Waals surface area contributed by atoms with Crippen molar-refractivity contribution in [3.63, 3.8) is 0 Å². The van der Waals surface area contributed by atoms with Gasteiger partial charge in [-0.05, 0) is 42.7 Å². The Balaban J connectivity index is 1.73. The second kappa shape index (κ2) is 8.31. The van der Waals surface area contributed by atoms with E-state index in [0.717, 1.165) is 50.4 Å². The van der Waals surface area contributed by atoms with E-state index in [4.69, 9.17) is 9.84 Å². The van der Waals surface area contributed by atoms with E-state index in [9.17, 15) is 9.90 Å². The molecule has 0 atom stereocenters. The first kappa shape index (κ1) is 21.1. The lowest BCUT2D eigenvalue weighted by atomic mass is 9.99. The van der Waals surface area contributed by atoms with E-state index >= 15 is 0 Å². The molecule has 0 fully saturated rings. The molecule has 0 saturated carbocycles. The van der Waals surface area contributed by atoms with E-state index in [-0.39, 0.29) is 0 Å². The smallest absolute Gasteiger partial charge is 0.407 e. The number of carboxylic acid groups (broad SMARTS) is 1. The van der Waals surface area contributed by atoms with Gasteiger partial charge < -0.3 is 19.7 Å². The highest BCUT2D eigenvalue weighted by Gasteiger charge is 2.29. The number of H-pyrrole nitrogens is 1. The molecule has 1 amide bonds. The first-order chi connectivity index (χ1) is 15.9. The maximum atomic E-state index is 11.8. The second-order valence-electron chi connectivity index (χ2n) is 9.05. The summed E-state index contributed by atoms with van der Waals surface area (Å²) in [6.07, 6.45) is 1.60. The van der Waals surface area contributed by atoms with Crippen molar-refractivity contribution in [1.82, 2.24) is 19.7 Å². The minimum absolute atomic E-state index is 0.319. The van der Waals surface area contributed by atoms with Crippen LogP contribution in [0.4, 0.5) is 4.79 Å². The summed E-state index contributed by atoms with van der Waals surface area (Å²) in [7, 11) is 0. The predicted octanol–water partition coefficient (Wildman–Crippen LogP) is 5.40. The van der Waals surface area contributed by atoms with Gasteiger partial charge in [-0.2, -0.15) is 5.10 Å². The van der Waals surface area contributed by atoms with E-state index in [0.29, 0.717) is 32.0 Å². The summed E-state index contributed by atoms with van der Waals surface area (Å²) < 4.78 is 8.17. The van der Waals surface area contributed by atoms with Crippen molar-refractivity contribution in [3.05, 3.63) is 65.5 Å². The molecule has 0 saturated heterocycles. The van der Waals surface area contributed by atoms with Gasteiger partial charge in [-0.15, -0.1) is 0 Å². The fourth-order valence-corrected chi connectivity index (χ4v) is 4.47. The molecule has 0 unspecified atom stereocenters. The SMILES string of the molecule is Cc1cccc(OCC(C)C)c1-n1nc2c(c1-c1ccc3[nH]ccc3c1)CN(C(=O)O)CC2. The van der Waals surface area contributed by atoms with Crippen molar-refractivity contribution in [1.29, 1.82) is 0 Å². The Bertz CT molecular complexity index is 1330. The Morgan fingerprint density at radius 3 is 2.88 bits per heavy atom. The molecule has 33 heavy (non-hydrogen) atoms. The first-order valence-electron chi connectivity index (χ1n) is 11.3. The molecule has 2 N–H and O–H groups in total. The van der Waals surface area contributed by atoms with E-state index in [2.05, 4.69) is 50.0 Å². The third-order valence-electron chi connectivity index (χ3n) is 6.12. The summed E-state index contributed by atoms with van der Waals surface area (Å²) in [5.41, 5.74) is 6.83. The summed E-state index contributed by atoms with van der Waals surface area (Å²) in [5, 5.41) is 15.8. The maximum Gasteiger partial charge on any atom is 0.407 e. The van der Waals surface area contributed by atoms with Crippen molar-refractivity contribution >= 4 is 17.0 Å². The fourth-order valence-electron chi connectivity index (χ4n) is 4.47. The van der Waals surface area contributed by atoms with Crippen molar-refractivity contribution in [2.75, 3.05) is 13.2 Å². The van der Waals surface area contributed by atoms with Crippen LogP contribution in [0, 0.1) is 12.8 Å². The number of aryl methyl sites for hydroxylation is 1. The number of para-hydroxylation sites is 1. The van der Waals surface area contributed by atoms with Gasteiger partial charge in [0.15, 0.2) is 0 Å². The molecular weight excluding hydrogens is 416 g/mol. The first-order valence-corrected chi connectivity index (χ1v) is 11.3. The quantitative estimate of drug-likeness (QED) is 0.432. The molecule has 3 heterocycles. The van der Waals surface area contributed by atoms with Gasteiger partial charge >= 0.3 is 6.09 Å². The molecule has 1 aliphatic heterocycles. The Kier molecular flexibility index (Phi) is 5.32. The lowest BCUT2D eigenvalue weighted by Gasteiger charge is -2.24. The predicted molar refractivity (Wildman–Crippen MR) is 128 cm³/mol. The summed E-state index contributed by atoms with van der Waals surface area (Å²) in [5.74, 6) is 1.17. The van der Waals surface area contributed by atoms with Crippen molar-refractivity contribution in [2.24, 2.45) is 5.92 Å². The van der Waals surface area contributed by atoms with Crippen LogP contribution < -0.4 is 4.74 Å². The fraction of sp³-hybridized carbons (Fsp3) is 0.308. The molecule has 7 nitrogen and oxygen atoms in total. The van der Waals surface area contributed by atoms with Crippen LogP contribution in [0.1, 0.15) is 30.7 Å². The summed E-state index contributed by atoms with van der Waals surface area (Å²) >= 11 is 0. The third-order valence-corrected chi connectivity index (χ3v) is 6.12. The molecule has 4 aromatic rings. The van der Waals surface area contributed by atoms with Gasteiger partial charge in [0.1, 0.15) is 11.4 Å². The van der Waals surface area contributed by atoms with Crippen molar-refractivity contribution in [3.8, 4) is 22.7 Å². The van der Waals surface area contributed by atoms with Crippen LogP contribution in [-0.2, 0) is 13.0 Å². The van der Waals surface area contributed by atoms with E-state index in [1.54, 1.807) is 0 Å². The highest BCUT2D eigenvalue weighted by Crippen LogP contribution is 2.37. The Morgan fingerprint density at radius 1 is 1.24 bits per heavy atom. The van der Waals surface area contributed by atoms with E-state index < -0.39 is 6.09 Å². The highest BCUT2D eigenvalue weighted by atomic mass is 16.5. The Hall–Kier alpha value is -3.74. The number of amides is 1. The number of carbonyl (C=O) groups is 1. The number of ether oxygens (including phenoxy) is 1. The second-order valence-corrected chi connectivity index (χ2v) is 9.05. The summed E-state index contributed by atoms with van der Waals surface area (Å²) in [4.78, 5) is 16.5. The van der Waals surface area contributed by atoms with Gasteiger partial charge in [-0.25, -0.2) is 9.48 Å². The molecule has 0 spiro atoms. The van der Waals surface area contributed by atoms with Gasteiger partial charge in [-0.1, -0.05) is 32.0 Å². The standard InChI is InChI=1S/C26H28N4O3/c1-16(2)15-33-23-6-4-5-17(3)24(23)30-25(19-7-8-21-18(13-19)9-11-27-21)20-14-29(26(31)32)12-10-22(20)28-30/h4-9,11,13,16,27H,10,12,14-15H2,1-3H3,(H,31,32). The van der Waals surface area contributed by atoms with Gasteiger partial charge in [0.25, 0.3) is 0 Å². The Labute approximate surface area is 192 Å². The molecular formula is C26H28N4O3. The number of benzene rings is 2. The normalized spacial score (nSPS) is 13.5. The lowest BCUT2D eigenvalue weighted by molar-refractivity contribution is 0.140. The van der Waals surface area contributed by atoms with Crippen LogP contribution in [0.15, 0.2) is 48.7 Å². The number of nitrogens with zero attached hydrogens (tertiary/aromatic N) is 3. The molecule has 5 rings (SSSR count). The van der Waals surface area contributed by atoms with Crippen LogP contribution in [0.3, 0.4) is 0 Å². The summed E-state index contributed by atoms with van der Waals surface area (Å²) in [6.45, 7) is 7.68. The van der Waals surface area contributed by atoms with Crippen LogP contribution in [-0.4, -0.2) is 44.0 Å². The van der Waals surface area contributed by atoms with Gasteiger partial charge in [0, 0.05) is 41.2 Å². The molecule has 7 heteroatoms. The van der Waals surface area contributed by atoms with Gasteiger partial charge in [-0.3, -0.25) is 0 Å². The van der Waals surface area contributed by atoms with Crippen LogP contribution in [0.25, 0.3) is 27.8 Å². The van der Waals surface area contributed by atoms with Gasteiger partial charge in [0.05, 0.1) is 24.5 Å². The average molecular weight is 445 g/mol. The molecule has 2 aromatic heterocycles. The highest BCUT2D eigenvalue weighted by molar-refractivity contribution is 5.85. The molecule has 170 valence electrons. The summed E-state index contributed by atoms with van der Waals surface area (Å²) in [6, 6.07) is 14.3. The minimum Gasteiger partial charge on any atom is -0.491 e. The van der Waals surface area contributed by atoms with Crippen LogP contribution in [0.5, 0.6) is 5.75 Å². The van der Waals surface area contributed by atoms with Crippen molar-refractivity contribution < 1.29 is 14.6 Å². The monoisotopic (exact) mass is 444 g/mol. The zero-order valence-corrected chi connectivity index (χ0v) is 19.1. The number of fused-ring (bicyclic) bond motifs is 2. The molecule has 0 radical (unpaired) electrons. The average Bonchev–Trinajstić information content (AvgIpc) is 3.40. The van der Waals surface area contributed by atoms with E-state index in [1.165, 1.54) is 4.90 Å². The topological polar surface area (TPSA) is 83.4 Å². The zero-order valence-electron chi connectivity index (χ0n) is 19.1. The number of hydrogen-bond acceptors (Lipinski definition) is 3. The van der Waals surface area contributed by atoms with Crippen molar-refractivity contribution in [2.45, 2.75) is 33.7 Å². The van der Waals surface area contributed by atoms with Gasteiger partial charge in [0.2, 0.25) is 0 Å². The third kappa shape index (κ3) is 3.84. The largest absolute Gasteiger partial charge is 0.491 e. The minimum atomic E-state index is -0.905. The molecule has 2 aromatic carbocycles. The molecule has 0 aliphatic carbocycles. The number of aromatic nitrogens is 3. The lowest BCUT2D eigenvalue weighted by Crippen LogP contribution is -2.34. The van der Waals surface area contributed by atoms with E-state index in [1.807, 2.05) is 29.1 Å². The zero-order chi connectivity index (χ0) is 23.1.